The normalized spacial score (nSPS) is 10.7. The number of carbonyl (C=O) groups excluding carboxylic acids is 2. The van der Waals surface area contributed by atoms with Gasteiger partial charge in [0, 0.05) is 33.3 Å². The van der Waals surface area contributed by atoms with Gasteiger partial charge in [0.05, 0.1) is 0 Å². The molecule has 0 saturated heterocycles. The Morgan fingerprint density at radius 3 is 2.62 bits per heavy atom. The van der Waals surface area contributed by atoms with Gasteiger partial charge < -0.3 is 10.1 Å². The van der Waals surface area contributed by atoms with Gasteiger partial charge in [-0.3, -0.25) is 4.79 Å². The van der Waals surface area contributed by atoms with Crippen LogP contribution in [0.3, 0.4) is 0 Å². The molecule has 0 spiro atoms. The Bertz CT molecular complexity index is 782. The van der Waals surface area contributed by atoms with Crippen molar-refractivity contribution in [1.82, 2.24) is 5.32 Å². The first-order chi connectivity index (χ1) is 12.5. The van der Waals surface area contributed by atoms with E-state index in [1.54, 1.807) is 30.0 Å². The molecule has 1 amide bonds. The second-order valence-electron chi connectivity index (χ2n) is 5.12. The minimum Gasteiger partial charge on any atom is -0.452 e. The summed E-state index contributed by atoms with van der Waals surface area (Å²) < 4.78 is 4.89. The molecule has 0 fully saturated rings. The highest BCUT2D eigenvalue weighted by atomic mass is 35.5. The van der Waals surface area contributed by atoms with E-state index in [1.807, 2.05) is 30.3 Å². The molecule has 0 bridgehead atoms. The molecule has 1 N–H and O–H groups in total. The van der Waals surface area contributed by atoms with Gasteiger partial charge in [0.2, 0.25) is 0 Å². The molecule has 0 aliphatic rings. The highest BCUT2D eigenvalue weighted by molar-refractivity contribution is 7.99. The second-order valence-corrected chi connectivity index (χ2v) is 7.13. The first-order valence-electron chi connectivity index (χ1n) is 7.79. The molecular weight excluding hydrogens is 393 g/mol. The highest BCUT2D eigenvalue weighted by Crippen LogP contribution is 2.22. The maximum atomic E-state index is 11.7. The van der Waals surface area contributed by atoms with E-state index in [2.05, 4.69) is 5.32 Å². The van der Waals surface area contributed by atoms with Gasteiger partial charge in [-0.25, -0.2) is 4.79 Å². The minimum atomic E-state index is -0.621. The number of amides is 1. The van der Waals surface area contributed by atoms with E-state index in [1.165, 1.54) is 12.2 Å². The number of esters is 1. The van der Waals surface area contributed by atoms with Crippen molar-refractivity contribution < 1.29 is 14.3 Å². The van der Waals surface area contributed by atoms with Crippen LogP contribution < -0.4 is 5.32 Å². The third-order valence-electron chi connectivity index (χ3n) is 3.14. The lowest BCUT2D eigenvalue weighted by molar-refractivity contribution is -0.143. The lowest BCUT2D eigenvalue weighted by Crippen LogP contribution is -2.30. The fraction of sp³-hybridized carbons (Fsp3) is 0.158. The topological polar surface area (TPSA) is 55.4 Å². The fourth-order valence-corrected chi connectivity index (χ4v) is 3.17. The van der Waals surface area contributed by atoms with Gasteiger partial charge in [-0.05, 0) is 35.9 Å². The number of hydrogen-bond donors (Lipinski definition) is 1. The van der Waals surface area contributed by atoms with Crippen molar-refractivity contribution >= 4 is 52.9 Å². The van der Waals surface area contributed by atoms with Crippen LogP contribution in [-0.4, -0.2) is 30.8 Å². The molecule has 0 aromatic heterocycles. The van der Waals surface area contributed by atoms with E-state index < -0.39 is 5.97 Å². The van der Waals surface area contributed by atoms with Gasteiger partial charge >= 0.3 is 5.97 Å². The van der Waals surface area contributed by atoms with Crippen molar-refractivity contribution in [2.75, 3.05) is 18.9 Å². The molecule has 0 atom stereocenters. The zero-order valence-corrected chi connectivity index (χ0v) is 16.1. The number of rotatable bonds is 8. The van der Waals surface area contributed by atoms with Crippen LogP contribution in [0.5, 0.6) is 0 Å². The molecule has 0 aliphatic heterocycles. The second kappa shape index (κ2) is 10.9. The van der Waals surface area contributed by atoms with Crippen LogP contribution in [0, 0.1) is 0 Å². The average molecular weight is 410 g/mol. The monoisotopic (exact) mass is 409 g/mol. The van der Waals surface area contributed by atoms with Crippen LogP contribution in [-0.2, 0) is 14.3 Å². The summed E-state index contributed by atoms with van der Waals surface area (Å²) in [5.74, 6) is -0.228. The van der Waals surface area contributed by atoms with Crippen LogP contribution in [0.1, 0.15) is 5.56 Å². The van der Waals surface area contributed by atoms with Crippen molar-refractivity contribution in [3.05, 3.63) is 70.2 Å². The first-order valence-corrected chi connectivity index (χ1v) is 9.53. The molecule has 0 unspecified atom stereocenters. The van der Waals surface area contributed by atoms with Gasteiger partial charge in [0.15, 0.2) is 6.61 Å². The number of benzene rings is 2. The van der Waals surface area contributed by atoms with Crippen molar-refractivity contribution in [2.45, 2.75) is 4.90 Å². The molecule has 0 saturated carbocycles. The van der Waals surface area contributed by atoms with Gasteiger partial charge in [0.1, 0.15) is 0 Å². The first kappa shape index (κ1) is 20.4. The minimum absolute atomic E-state index is 0.326. The van der Waals surface area contributed by atoms with Crippen LogP contribution in [0.25, 0.3) is 6.08 Å². The van der Waals surface area contributed by atoms with E-state index >= 15 is 0 Å². The number of hydrogen-bond acceptors (Lipinski definition) is 4. The average Bonchev–Trinajstić information content (AvgIpc) is 2.63. The number of thioether (sulfide) groups is 1. The molecule has 2 aromatic rings. The number of halogens is 2. The maximum absolute atomic E-state index is 11.7. The van der Waals surface area contributed by atoms with Crippen LogP contribution in [0.2, 0.25) is 10.0 Å². The van der Waals surface area contributed by atoms with E-state index in [0.29, 0.717) is 22.2 Å². The summed E-state index contributed by atoms with van der Waals surface area (Å²) in [6, 6.07) is 14.8. The molecule has 0 radical (unpaired) electrons. The van der Waals surface area contributed by atoms with Gasteiger partial charge in [0.25, 0.3) is 5.91 Å². The molecule has 2 aromatic carbocycles. The van der Waals surface area contributed by atoms with Gasteiger partial charge in [-0.15, -0.1) is 11.8 Å². The summed E-state index contributed by atoms with van der Waals surface area (Å²) >= 11 is 13.4. The molecular formula is C19H17Cl2NO3S. The van der Waals surface area contributed by atoms with Crippen molar-refractivity contribution in [3.8, 4) is 0 Å². The summed E-state index contributed by atoms with van der Waals surface area (Å²) in [7, 11) is 0. The quantitative estimate of drug-likeness (QED) is 0.302. The Labute approximate surface area is 166 Å². The van der Waals surface area contributed by atoms with E-state index in [4.69, 9.17) is 27.9 Å². The van der Waals surface area contributed by atoms with Crippen LogP contribution in [0.4, 0.5) is 0 Å². The molecule has 7 heteroatoms. The molecule has 4 nitrogen and oxygen atoms in total. The lowest BCUT2D eigenvalue weighted by atomic mass is 10.2. The van der Waals surface area contributed by atoms with Gasteiger partial charge in [-0.1, -0.05) is 47.5 Å². The number of nitrogens with one attached hydrogen (secondary N) is 1. The maximum Gasteiger partial charge on any atom is 0.331 e. The SMILES string of the molecule is O=C(COC(=O)/C=C/c1ccc(Cl)cc1Cl)NCCSc1ccccc1. The Kier molecular flexibility index (Phi) is 8.54. The lowest BCUT2D eigenvalue weighted by Gasteiger charge is -2.05. The summed E-state index contributed by atoms with van der Waals surface area (Å²) in [4.78, 5) is 24.5. The summed E-state index contributed by atoms with van der Waals surface area (Å²) in [5.41, 5.74) is 0.635. The number of carbonyl (C=O) groups is 2. The highest BCUT2D eigenvalue weighted by Gasteiger charge is 2.05. The van der Waals surface area contributed by atoms with Crippen LogP contribution in [0.15, 0.2) is 59.5 Å². The Balaban J connectivity index is 1.65. The van der Waals surface area contributed by atoms with E-state index in [9.17, 15) is 9.59 Å². The Morgan fingerprint density at radius 1 is 1.12 bits per heavy atom. The van der Waals surface area contributed by atoms with Crippen LogP contribution >= 0.6 is 35.0 Å². The molecule has 0 aliphatic carbocycles. The molecule has 26 heavy (non-hydrogen) atoms. The third-order valence-corrected chi connectivity index (χ3v) is 4.72. The Hall–Kier alpha value is -1.95. The summed E-state index contributed by atoms with van der Waals surface area (Å²) in [5, 5.41) is 3.64. The predicted molar refractivity (Wildman–Crippen MR) is 107 cm³/mol. The molecule has 0 heterocycles. The predicted octanol–water partition coefficient (Wildman–Crippen LogP) is 4.46. The summed E-state index contributed by atoms with van der Waals surface area (Å²) in [6.45, 7) is 0.166. The standard InChI is InChI=1S/C19H17Cl2NO3S/c20-15-8-6-14(17(21)12-15)7-9-19(24)25-13-18(23)22-10-11-26-16-4-2-1-3-5-16/h1-9,12H,10-11,13H2,(H,22,23)/b9-7+. The fourth-order valence-electron chi connectivity index (χ4n) is 1.91. The van der Waals surface area contributed by atoms with Crippen molar-refractivity contribution in [3.63, 3.8) is 0 Å². The number of ether oxygens (including phenoxy) is 1. The Morgan fingerprint density at radius 2 is 1.88 bits per heavy atom. The third kappa shape index (κ3) is 7.52. The largest absolute Gasteiger partial charge is 0.452 e. The van der Waals surface area contributed by atoms with E-state index in [-0.39, 0.29) is 12.5 Å². The smallest absolute Gasteiger partial charge is 0.331 e. The zero-order chi connectivity index (χ0) is 18.8. The van der Waals surface area contributed by atoms with Crippen molar-refractivity contribution in [1.29, 1.82) is 0 Å². The molecule has 136 valence electrons. The van der Waals surface area contributed by atoms with Crippen molar-refractivity contribution in [2.24, 2.45) is 0 Å². The summed E-state index contributed by atoms with van der Waals surface area (Å²) in [6.07, 6.45) is 2.73. The van der Waals surface area contributed by atoms with Gasteiger partial charge in [-0.2, -0.15) is 0 Å². The zero-order valence-electron chi connectivity index (χ0n) is 13.8. The van der Waals surface area contributed by atoms with E-state index in [0.717, 1.165) is 10.6 Å². The molecule has 2 rings (SSSR count).